The summed E-state index contributed by atoms with van der Waals surface area (Å²) in [5, 5.41) is 11.9. The van der Waals surface area contributed by atoms with Gasteiger partial charge >= 0.3 is 6.18 Å². The lowest BCUT2D eigenvalue weighted by Gasteiger charge is -2.16. The van der Waals surface area contributed by atoms with Crippen molar-refractivity contribution in [2.45, 2.75) is 6.18 Å². The van der Waals surface area contributed by atoms with E-state index in [9.17, 15) is 13.2 Å². The molecule has 0 saturated carbocycles. The average molecular weight is 312 g/mol. The van der Waals surface area contributed by atoms with E-state index in [1.165, 1.54) is 30.3 Å². The lowest BCUT2D eigenvalue weighted by molar-refractivity contribution is -0.136. The van der Waals surface area contributed by atoms with Crippen LogP contribution in [-0.4, -0.2) is 0 Å². The van der Waals surface area contributed by atoms with Crippen LogP contribution in [0.1, 0.15) is 11.1 Å². The molecule has 7 heteroatoms. The first-order valence-electron chi connectivity index (χ1n) is 5.74. The summed E-state index contributed by atoms with van der Waals surface area (Å²) in [6.45, 7) is 0. The van der Waals surface area contributed by atoms with Crippen LogP contribution in [0.2, 0.25) is 5.02 Å². The zero-order valence-electron chi connectivity index (χ0n) is 10.5. The monoisotopic (exact) mass is 311 g/mol. The predicted molar refractivity (Wildman–Crippen MR) is 75.3 cm³/mol. The molecule has 0 saturated heterocycles. The van der Waals surface area contributed by atoms with Crippen molar-refractivity contribution in [3.63, 3.8) is 0 Å². The van der Waals surface area contributed by atoms with Gasteiger partial charge in [-0.05, 0) is 36.4 Å². The molecule has 0 heterocycles. The summed E-state index contributed by atoms with van der Waals surface area (Å²) in [6, 6.07) is 9.56. The van der Waals surface area contributed by atoms with E-state index < -0.39 is 11.7 Å². The fourth-order valence-corrected chi connectivity index (χ4v) is 1.94. The highest BCUT2D eigenvalue weighted by atomic mass is 35.5. The highest BCUT2D eigenvalue weighted by molar-refractivity contribution is 6.30. The number of hydrogen-bond donors (Lipinski definition) is 2. The highest BCUT2D eigenvalue weighted by Gasteiger charge is 2.33. The summed E-state index contributed by atoms with van der Waals surface area (Å²) in [4.78, 5) is 0. The van der Waals surface area contributed by atoms with Crippen LogP contribution in [0, 0.1) is 11.3 Å². The number of nitrogens with one attached hydrogen (secondary N) is 1. The minimum Gasteiger partial charge on any atom is -0.399 e. The van der Waals surface area contributed by atoms with E-state index in [1.54, 1.807) is 0 Å². The van der Waals surface area contributed by atoms with Gasteiger partial charge in [-0.1, -0.05) is 11.6 Å². The molecule has 0 aromatic heterocycles. The molecule has 108 valence electrons. The number of nitriles is 1. The molecule has 0 radical (unpaired) electrons. The van der Waals surface area contributed by atoms with Gasteiger partial charge in [0.15, 0.2) is 0 Å². The molecule has 2 rings (SSSR count). The van der Waals surface area contributed by atoms with E-state index >= 15 is 0 Å². The molecular weight excluding hydrogens is 303 g/mol. The number of nitrogens with two attached hydrogens (primary N) is 1. The third-order valence-corrected chi connectivity index (χ3v) is 2.96. The molecule has 0 aliphatic heterocycles. The van der Waals surface area contributed by atoms with Gasteiger partial charge in [0.1, 0.15) is 6.07 Å². The van der Waals surface area contributed by atoms with Gasteiger partial charge in [-0.15, -0.1) is 0 Å². The summed E-state index contributed by atoms with van der Waals surface area (Å²) in [7, 11) is 0. The van der Waals surface area contributed by atoms with Crippen molar-refractivity contribution in [3.05, 3.63) is 52.5 Å². The van der Waals surface area contributed by atoms with Gasteiger partial charge in [-0.3, -0.25) is 0 Å². The van der Waals surface area contributed by atoms with Gasteiger partial charge in [0.2, 0.25) is 0 Å². The van der Waals surface area contributed by atoms with Gasteiger partial charge in [0, 0.05) is 10.7 Å². The van der Waals surface area contributed by atoms with Crippen molar-refractivity contribution in [1.29, 1.82) is 5.26 Å². The van der Waals surface area contributed by atoms with Crippen molar-refractivity contribution in [2.24, 2.45) is 0 Å². The van der Waals surface area contributed by atoms with Crippen LogP contribution in [0.3, 0.4) is 0 Å². The Kier molecular flexibility index (Phi) is 3.96. The molecule has 0 aliphatic rings. The summed E-state index contributed by atoms with van der Waals surface area (Å²) >= 11 is 5.80. The minimum absolute atomic E-state index is 0.000485. The highest BCUT2D eigenvalue weighted by Crippen LogP contribution is 2.38. The maximum absolute atomic E-state index is 13.0. The van der Waals surface area contributed by atoms with Crippen molar-refractivity contribution >= 4 is 28.7 Å². The zero-order valence-corrected chi connectivity index (χ0v) is 11.3. The molecule has 0 fully saturated rings. The molecule has 2 aromatic carbocycles. The van der Waals surface area contributed by atoms with E-state index in [-0.39, 0.29) is 22.6 Å². The summed E-state index contributed by atoms with van der Waals surface area (Å²) in [5.41, 5.74) is 4.67. The van der Waals surface area contributed by atoms with Crippen molar-refractivity contribution in [1.82, 2.24) is 0 Å². The van der Waals surface area contributed by atoms with E-state index in [2.05, 4.69) is 5.32 Å². The van der Waals surface area contributed by atoms with E-state index in [0.717, 1.165) is 6.07 Å². The van der Waals surface area contributed by atoms with E-state index in [0.29, 0.717) is 5.02 Å². The Morgan fingerprint density at radius 1 is 1.10 bits per heavy atom. The van der Waals surface area contributed by atoms with Gasteiger partial charge in [0.05, 0.1) is 22.5 Å². The fourth-order valence-electron chi connectivity index (χ4n) is 1.77. The SMILES string of the molecule is N#Cc1ccc(Cl)cc1Nc1ccc(N)cc1C(F)(F)F. The van der Waals surface area contributed by atoms with Crippen LogP contribution in [0.25, 0.3) is 0 Å². The van der Waals surface area contributed by atoms with E-state index in [4.69, 9.17) is 22.6 Å². The largest absolute Gasteiger partial charge is 0.418 e. The minimum atomic E-state index is -4.57. The summed E-state index contributed by atoms with van der Waals surface area (Å²) in [6.07, 6.45) is -4.57. The number of rotatable bonds is 2. The third kappa shape index (κ3) is 3.38. The predicted octanol–water partition coefficient (Wildman–Crippen LogP) is 4.56. The first-order chi connectivity index (χ1) is 9.81. The standard InChI is InChI=1S/C14H9ClF3N3/c15-9-2-1-8(7-19)13(5-9)21-12-4-3-10(20)6-11(12)14(16,17)18/h1-6,21H,20H2. The normalized spacial score (nSPS) is 11.0. The molecule has 0 bridgehead atoms. The second-order valence-electron chi connectivity index (χ2n) is 4.23. The van der Waals surface area contributed by atoms with Crippen LogP contribution in [0.4, 0.5) is 30.2 Å². The maximum Gasteiger partial charge on any atom is 0.418 e. The number of hydrogen-bond acceptors (Lipinski definition) is 3. The average Bonchev–Trinajstić information content (AvgIpc) is 2.40. The Bertz CT molecular complexity index is 720. The molecule has 0 spiro atoms. The van der Waals surface area contributed by atoms with Gasteiger partial charge < -0.3 is 11.1 Å². The van der Waals surface area contributed by atoms with Gasteiger partial charge in [-0.2, -0.15) is 18.4 Å². The smallest absolute Gasteiger partial charge is 0.399 e. The second-order valence-corrected chi connectivity index (χ2v) is 4.67. The number of benzene rings is 2. The van der Waals surface area contributed by atoms with E-state index in [1.807, 2.05) is 6.07 Å². The molecule has 3 N–H and O–H groups in total. The first-order valence-corrected chi connectivity index (χ1v) is 6.12. The second kappa shape index (κ2) is 5.54. The molecule has 2 aromatic rings. The number of halogens is 4. The summed E-state index contributed by atoms with van der Waals surface area (Å²) < 4.78 is 39.0. The van der Waals surface area contributed by atoms with Crippen LogP contribution < -0.4 is 11.1 Å². The lowest BCUT2D eigenvalue weighted by atomic mass is 10.1. The Hall–Kier alpha value is -2.39. The molecule has 3 nitrogen and oxygen atoms in total. The van der Waals surface area contributed by atoms with Gasteiger partial charge in [0.25, 0.3) is 0 Å². The topological polar surface area (TPSA) is 61.8 Å². The van der Waals surface area contributed by atoms with Crippen LogP contribution in [0.5, 0.6) is 0 Å². The number of nitrogens with zero attached hydrogens (tertiary/aromatic N) is 1. The van der Waals surface area contributed by atoms with Crippen LogP contribution in [-0.2, 0) is 6.18 Å². The quantitative estimate of drug-likeness (QED) is 0.799. The number of anilines is 3. The van der Waals surface area contributed by atoms with Crippen LogP contribution in [0.15, 0.2) is 36.4 Å². The van der Waals surface area contributed by atoms with Crippen molar-refractivity contribution in [2.75, 3.05) is 11.1 Å². The summed E-state index contributed by atoms with van der Waals surface area (Å²) in [5.74, 6) is 0. The molecule has 0 unspecified atom stereocenters. The Labute approximate surface area is 123 Å². The molecule has 21 heavy (non-hydrogen) atoms. The molecular formula is C14H9ClF3N3. The lowest BCUT2D eigenvalue weighted by Crippen LogP contribution is -2.10. The van der Waals surface area contributed by atoms with Crippen molar-refractivity contribution in [3.8, 4) is 6.07 Å². The Morgan fingerprint density at radius 3 is 2.43 bits per heavy atom. The maximum atomic E-state index is 13.0. The number of nitrogen functional groups attached to an aromatic ring is 1. The zero-order chi connectivity index (χ0) is 15.6. The molecule has 0 aliphatic carbocycles. The third-order valence-electron chi connectivity index (χ3n) is 2.72. The Morgan fingerprint density at radius 2 is 1.81 bits per heavy atom. The molecule has 0 amide bonds. The Balaban J connectivity index is 2.50. The fraction of sp³-hybridized carbons (Fsp3) is 0.0714. The van der Waals surface area contributed by atoms with Gasteiger partial charge in [-0.25, -0.2) is 0 Å². The number of alkyl halides is 3. The molecule has 0 atom stereocenters. The first kappa shape index (κ1) is 15.0. The van der Waals surface area contributed by atoms with Crippen LogP contribution >= 0.6 is 11.6 Å². The van der Waals surface area contributed by atoms with Crippen molar-refractivity contribution < 1.29 is 13.2 Å².